The fourth-order valence-electron chi connectivity index (χ4n) is 3.39. The van der Waals surface area contributed by atoms with Crippen LogP contribution in [0.4, 0.5) is 0 Å². The van der Waals surface area contributed by atoms with Crippen molar-refractivity contribution in [3.8, 4) is 0 Å². The maximum absolute atomic E-state index is 12.3. The lowest BCUT2D eigenvalue weighted by molar-refractivity contribution is -0.213. The number of ether oxygens (including phenoxy) is 3. The average Bonchev–Trinajstić information content (AvgIpc) is 3.08. The molecule has 0 bridgehead atoms. The van der Waals surface area contributed by atoms with Crippen LogP contribution in [0, 0.1) is 5.92 Å². The molecule has 0 radical (unpaired) electrons. The minimum Gasteiger partial charge on any atom is -0.454 e. The highest BCUT2D eigenvalue weighted by Gasteiger charge is 2.51. The zero-order valence-corrected chi connectivity index (χ0v) is 16.5. The molecule has 0 saturated carbocycles. The molecule has 0 saturated heterocycles. The first-order valence-corrected chi connectivity index (χ1v) is 8.81. The first-order valence-electron chi connectivity index (χ1n) is 8.81. The second-order valence-corrected chi connectivity index (χ2v) is 7.17. The Morgan fingerprint density at radius 3 is 2.44 bits per heavy atom. The highest BCUT2D eigenvalue weighted by Crippen LogP contribution is 2.41. The number of aldehydes is 1. The molecule has 2 heterocycles. The molecule has 0 aromatic heterocycles. The van der Waals surface area contributed by atoms with Gasteiger partial charge in [-0.05, 0) is 58.3 Å². The van der Waals surface area contributed by atoms with Crippen LogP contribution in [0.25, 0.3) is 0 Å². The van der Waals surface area contributed by atoms with Gasteiger partial charge in [0.1, 0.15) is 12.4 Å². The van der Waals surface area contributed by atoms with Crippen LogP contribution < -0.4 is 0 Å². The predicted molar refractivity (Wildman–Crippen MR) is 99.5 cm³/mol. The lowest BCUT2D eigenvalue weighted by Gasteiger charge is -2.36. The molecule has 2 rings (SSSR count). The Kier molecular flexibility index (Phi) is 6.21. The predicted octanol–water partition coefficient (Wildman–Crippen LogP) is 3.19. The highest BCUT2D eigenvalue weighted by atomic mass is 16.7. The zero-order chi connectivity index (χ0) is 20.4. The van der Waals surface area contributed by atoms with Gasteiger partial charge in [-0.1, -0.05) is 17.7 Å². The van der Waals surface area contributed by atoms with E-state index < -0.39 is 29.7 Å². The lowest BCUT2D eigenvalue weighted by Crippen LogP contribution is -2.46. The van der Waals surface area contributed by atoms with E-state index in [-0.39, 0.29) is 0 Å². The van der Waals surface area contributed by atoms with Gasteiger partial charge in [-0.2, -0.15) is 0 Å². The number of esters is 2. The van der Waals surface area contributed by atoms with E-state index in [1.54, 1.807) is 26.0 Å². The van der Waals surface area contributed by atoms with Crippen molar-refractivity contribution in [1.82, 2.24) is 0 Å². The van der Waals surface area contributed by atoms with Crippen molar-refractivity contribution in [2.45, 2.75) is 52.4 Å². The van der Waals surface area contributed by atoms with Crippen molar-refractivity contribution in [1.29, 1.82) is 0 Å². The van der Waals surface area contributed by atoms with Crippen molar-refractivity contribution < 1.29 is 28.6 Å². The molecule has 3 atom stereocenters. The summed E-state index contributed by atoms with van der Waals surface area (Å²) >= 11 is 0. The summed E-state index contributed by atoms with van der Waals surface area (Å²) in [5, 5.41) is 0. The number of hydrogen-bond acceptors (Lipinski definition) is 6. The van der Waals surface area contributed by atoms with Crippen LogP contribution in [-0.4, -0.2) is 37.2 Å². The van der Waals surface area contributed by atoms with Crippen LogP contribution in [0.5, 0.6) is 0 Å². The second kappa shape index (κ2) is 8.05. The van der Waals surface area contributed by atoms with Crippen molar-refractivity contribution in [2.75, 3.05) is 7.11 Å². The molecule has 0 N–H and O–H groups in total. The highest BCUT2D eigenvalue weighted by molar-refractivity contribution is 5.92. The van der Waals surface area contributed by atoms with Crippen LogP contribution in [-0.2, 0) is 28.6 Å². The number of hydrogen-bond donors (Lipinski definition) is 0. The van der Waals surface area contributed by atoms with Gasteiger partial charge in [-0.3, -0.25) is 4.79 Å². The van der Waals surface area contributed by atoms with E-state index in [1.165, 1.54) is 7.11 Å². The molecule has 27 heavy (non-hydrogen) atoms. The summed E-state index contributed by atoms with van der Waals surface area (Å²) in [6, 6.07) is 0. The Balaban J connectivity index is 2.29. The molecule has 2 aliphatic rings. The van der Waals surface area contributed by atoms with Crippen LogP contribution in [0.2, 0.25) is 0 Å². The Bertz CT molecular complexity index is 766. The van der Waals surface area contributed by atoms with E-state index in [0.29, 0.717) is 35.1 Å². The SMILES string of the molecule is C=C(C)C(C1C=C(CCC(C=O)=C(C)C)C(=O)O1)[C@@]1(OC)C=C(C)C(=O)O1. The largest absolute Gasteiger partial charge is 0.454 e. The normalized spacial score (nSPS) is 25.3. The average molecular weight is 374 g/mol. The van der Waals surface area contributed by atoms with Gasteiger partial charge in [0.15, 0.2) is 0 Å². The van der Waals surface area contributed by atoms with Gasteiger partial charge in [-0.25, -0.2) is 9.59 Å². The molecule has 0 fully saturated rings. The van der Waals surface area contributed by atoms with Crippen LogP contribution in [0.15, 0.2) is 46.6 Å². The third kappa shape index (κ3) is 4.11. The molecule has 0 spiro atoms. The van der Waals surface area contributed by atoms with E-state index in [9.17, 15) is 14.4 Å². The molecule has 0 aromatic rings. The molecule has 6 heteroatoms. The van der Waals surface area contributed by atoms with E-state index >= 15 is 0 Å². The van der Waals surface area contributed by atoms with E-state index in [2.05, 4.69) is 6.58 Å². The zero-order valence-electron chi connectivity index (χ0n) is 16.5. The molecule has 2 aliphatic heterocycles. The number of methoxy groups -OCH3 is 1. The van der Waals surface area contributed by atoms with Gasteiger partial charge < -0.3 is 14.2 Å². The Morgan fingerprint density at radius 1 is 1.33 bits per heavy atom. The van der Waals surface area contributed by atoms with Crippen molar-refractivity contribution in [2.24, 2.45) is 5.92 Å². The monoisotopic (exact) mass is 374 g/mol. The lowest BCUT2D eigenvalue weighted by atomic mass is 9.85. The fraction of sp³-hybridized carbons (Fsp3) is 0.476. The van der Waals surface area contributed by atoms with Gasteiger partial charge >= 0.3 is 11.9 Å². The van der Waals surface area contributed by atoms with Gasteiger partial charge in [0.2, 0.25) is 5.79 Å². The van der Waals surface area contributed by atoms with Crippen LogP contribution in [0.1, 0.15) is 40.5 Å². The van der Waals surface area contributed by atoms with Crippen molar-refractivity contribution >= 4 is 18.2 Å². The smallest absolute Gasteiger partial charge is 0.336 e. The number of carbonyl (C=O) groups is 3. The minimum atomic E-state index is -1.36. The summed E-state index contributed by atoms with van der Waals surface area (Å²) in [6.07, 6.45) is 4.31. The Morgan fingerprint density at radius 2 is 2.00 bits per heavy atom. The summed E-state index contributed by atoms with van der Waals surface area (Å²) in [5.41, 5.74) is 3.16. The number of cyclic esters (lactones) is 2. The first kappa shape index (κ1) is 20.8. The molecule has 0 aromatic carbocycles. The number of allylic oxidation sites excluding steroid dienone is 2. The second-order valence-electron chi connectivity index (χ2n) is 7.17. The van der Waals surface area contributed by atoms with E-state index in [1.807, 2.05) is 13.8 Å². The minimum absolute atomic E-state index is 0.395. The van der Waals surface area contributed by atoms with Crippen LogP contribution >= 0.6 is 0 Å². The third-order valence-electron chi connectivity index (χ3n) is 4.92. The fourth-order valence-corrected chi connectivity index (χ4v) is 3.39. The summed E-state index contributed by atoms with van der Waals surface area (Å²) < 4.78 is 16.5. The maximum Gasteiger partial charge on any atom is 0.336 e. The Labute approximate surface area is 159 Å². The van der Waals surface area contributed by atoms with Gasteiger partial charge in [0.05, 0.1) is 5.92 Å². The van der Waals surface area contributed by atoms with E-state index in [4.69, 9.17) is 14.2 Å². The molecular weight excluding hydrogens is 348 g/mol. The summed E-state index contributed by atoms with van der Waals surface area (Å²) in [7, 11) is 1.44. The Hall–Kier alpha value is -2.47. The van der Waals surface area contributed by atoms with Gasteiger partial charge in [0.25, 0.3) is 0 Å². The van der Waals surface area contributed by atoms with Crippen molar-refractivity contribution in [3.05, 3.63) is 46.6 Å². The quantitative estimate of drug-likeness (QED) is 0.281. The molecular formula is C21H26O6. The first-order chi connectivity index (χ1) is 12.6. The van der Waals surface area contributed by atoms with Gasteiger partial charge in [0, 0.05) is 18.3 Å². The van der Waals surface area contributed by atoms with E-state index in [0.717, 1.165) is 11.9 Å². The summed E-state index contributed by atoms with van der Waals surface area (Å²) in [5.74, 6) is -2.87. The maximum atomic E-state index is 12.3. The molecule has 6 nitrogen and oxygen atoms in total. The van der Waals surface area contributed by atoms with Crippen molar-refractivity contribution in [3.63, 3.8) is 0 Å². The summed E-state index contributed by atoms with van der Waals surface area (Å²) in [6.45, 7) is 11.1. The molecule has 2 unspecified atom stereocenters. The molecule has 0 amide bonds. The van der Waals surface area contributed by atoms with Crippen LogP contribution in [0.3, 0.4) is 0 Å². The topological polar surface area (TPSA) is 78.9 Å². The summed E-state index contributed by atoms with van der Waals surface area (Å²) in [4.78, 5) is 35.4. The number of carbonyl (C=O) groups excluding carboxylic acids is 3. The molecule has 146 valence electrons. The number of rotatable bonds is 8. The van der Waals surface area contributed by atoms with Gasteiger partial charge in [-0.15, -0.1) is 0 Å². The molecule has 0 aliphatic carbocycles. The third-order valence-corrected chi connectivity index (χ3v) is 4.92. The standard InChI is InChI=1S/C21H26O6/c1-12(2)16(11-22)8-7-15-9-17(26-20(15)24)18(13(3)4)21(25-6)10-14(5)19(23)27-21/h9-11,17-18H,3,7-8H2,1-2,4-6H3/t17?,18?,21-/m1/s1.